The first-order chi connectivity index (χ1) is 9.93. The number of carbonyl (C=O) groups excluding carboxylic acids is 1. The number of imidazole rings is 1. The topological polar surface area (TPSA) is 59.8 Å². The Bertz CT molecular complexity index is 653. The number of hydrogen-bond donors (Lipinski definition) is 1. The van der Waals surface area contributed by atoms with E-state index < -0.39 is 0 Å². The van der Waals surface area contributed by atoms with Crippen LogP contribution in [0.15, 0.2) is 17.8 Å². The van der Waals surface area contributed by atoms with Crippen molar-refractivity contribution in [1.82, 2.24) is 19.9 Å². The Morgan fingerprint density at radius 3 is 3.00 bits per heavy atom. The molecule has 2 aromatic heterocycles. The van der Waals surface area contributed by atoms with Gasteiger partial charge in [0.25, 0.3) is 5.91 Å². The predicted octanol–water partition coefficient (Wildman–Crippen LogP) is 2.38. The number of aryl methyl sites for hydroxylation is 1. The fourth-order valence-electron chi connectivity index (χ4n) is 2.47. The first kappa shape index (κ1) is 14.3. The lowest BCUT2D eigenvalue weighted by Gasteiger charge is -2.24. The van der Waals surface area contributed by atoms with Gasteiger partial charge in [-0.15, -0.1) is 11.3 Å². The molecule has 0 radical (unpaired) electrons. The molecule has 3 heterocycles. The third-order valence-corrected chi connectivity index (χ3v) is 4.92. The van der Waals surface area contributed by atoms with Crippen molar-refractivity contribution in [2.45, 2.75) is 51.6 Å². The van der Waals surface area contributed by atoms with E-state index in [0.29, 0.717) is 5.69 Å². The highest BCUT2D eigenvalue weighted by Crippen LogP contribution is 2.25. The first-order valence-electron chi connectivity index (χ1n) is 7.20. The summed E-state index contributed by atoms with van der Waals surface area (Å²) in [5.41, 5.74) is 0.515. The lowest BCUT2D eigenvalue weighted by atomic mass is 9.98. The van der Waals surface area contributed by atoms with E-state index in [1.807, 2.05) is 17.8 Å². The average molecular weight is 304 g/mol. The lowest BCUT2D eigenvalue weighted by Crippen LogP contribution is -2.41. The van der Waals surface area contributed by atoms with Crippen molar-refractivity contribution in [2.24, 2.45) is 0 Å². The van der Waals surface area contributed by atoms with Gasteiger partial charge in [-0.3, -0.25) is 4.79 Å². The van der Waals surface area contributed by atoms with Crippen LogP contribution < -0.4 is 5.32 Å². The molecule has 1 aliphatic rings. The van der Waals surface area contributed by atoms with Gasteiger partial charge in [-0.05, 0) is 6.42 Å². The normalized spacial score (nSPS) is 18.3. The second kappa shape index (κ2) is 5.26. The van der Waals surface area contributed by atoms with Crippen LogP contribution >= 0.6 is 11.3 Å². The van der Waals surface area contributed by atoms with Gasteiger partial charge < -0.3 is 9.88 Å². The molecule has 0 saturated heterocycles. The van der Waals surface area contributed by atoms with E-state index in [-0.39, 0.29) is 17.4 Å². The molecule has 112 valence electrons. The summed E-state index contributed by atoms with van der Waals surface area (Å²) in [6, 6.07) is 0.152. The molecule has 2 aromatic rings. The van der Waals surface area contributed by atoms with Crippen molar-refractivity contribution in [2.75, 3.05) is 0 Å². The molecule has 1 atom stereocenters. The Morgan fingerprint density at radius 2 is 2.29 bits per heavy atom. The zero-order valence-electron chi connectivity index (χ0n) is 12.6. The highest BCUT2D eigenvalue weighted by Gasteiger charge is 2.24. The Kier molecular flexibility index (Phi) is 3.57. The number of amides is 1. The third-order valence-electron chi connectivity index (χ3n) is 3.65. The number of carbonyl (C=O) groups is 1. The number of thiazole rings is 1. The monoisotopic (exact) mass is 304 g/mol. The van der Waals surface area contributed by atoms with Gasteiger partial charge in [0.05, 0.1) is 5.01 Å². The molecule has 5 nitrogen and oxygen atoms in total. The van der Waals surface area contributed by atoms with Crippen LogP contribution in [0.5, 0.6) is 0 Å². The van der Waals surface area contributed by atoms with E-state index in [2.05, 4.69) is 40.6 Å². The second-order valence-corrected chi connectivity index (χ2v) is 7.35. The molecular weight excluding hydrogens is 284 g/mol. The number of aromatic nitrogens is 3. The minimum absolute atomic E-state index is 0.0141. The molecule has 21 heavy (non-hydrogen) atoms. The maximum atomic E-state index is 12.3. The van der Waals surface area contributed by atoms with Crippen molar-refractivity contribution in [1.29, 1.82) is 0 Å². The fraction of sp³-hybridized carbons (Fsp3) is 0.533. The molecule has 3 rings (SSSR count). The van der Waals surface area contributed by atoms with Gasteiger partial charge in [0.15, 0.2) is 0 Å². The van der Waals surface area contributed by atoms with E-state index in [4.69, 9.17) is 0 Å². The molecule has 1 amide bonds. The van der Waals surface area contributed by atoms with Crippen LogP contribution in [0.25, 0.3) is 0 Å². The quantitative estimate of drug-likeness (QED) is 0.926. The molecular formula is C15H20N4OS. The summed E-state index contributed by atoms with van der Waals surface area (Å²) in [5, 5.41) is 5.93. The highest BCUT2D eigenvalue weighted by atomic mass is 32.1. The molecule has 0 unspecified atom stereocenters. The maximum Gasteiger partial charge on any atom is 0.271 e. The second-order valence-electron chi connectivity index (χ2n) is 6.49. The average Bonchev–Trinajstić information content (AvgIpc) is 3.06. The lowest BCUT2D eigenvalue weighted by molar-refractivity contribution is 0.0923. The first-order valence-corrected chi connectivity index (χ1v) is 8.08. The Morgan fingerprint density at radius 1 is 1.48 bits per heavy atom. The fourth-order valence-corrected chi connectivity index (χ4v) is 3.35. The Labute approximate surface area is 128 Å². The van der Waals surface area contributed by atoms with Crippen LogP contribution in [0.2, 0.25) is 0 Å². The van der Waals surface area contributed by atoms with Gasteiger partial charge in [0.1, 0.15) is 11.5 Å². The summed E-state index contributed by atoms with van der Waals surface area (Å²) in [4.78, 5) is 21.1. The van der Waals surface area contributed by atoms with E-state index >= 15 is 0 Å². The SMILES string of the molecule is CC(C)(C)c1nc(C(=O)N[C@H]2CCc3nccn3C2)cs1. The molecule has 0 fully saturated rings. The van der Waals surface area contributed by atoms with E-state index in [1.54, 1.807) is 11.3 Å². The molecule has 0 saturated carbocycles. The van der Waals surface area contributed by atoms with Gasteiger partial charge in [0.2, 0.25) is 0 Å². The number of fused-ring (bicyclic) bond motifs is 1. The van der Waals surface area contributed by atoms with Crippen molar-refractivity contribution >= 4 is 17.2 Å². The van der Waals surface area contributed by atoms with Gasteiger partial charge >= 0.3 is 0 Å². The van der Waals surface area contributed by atoms with Gasteiger partial charge in [-0.25, -0.2) is 9.97 Å². The largest absolute Gasteiger partial charge is 0.346 e. The zero-order chi connectivity index (χ0) is 15.0. The molecule has 0 spiro atoms. The van der Waals surface area contributed by atoms with E-state index in [9.17, 15) is 4.79 Å². The number of hydrogen-bond acceptors (Lipinski definition) is 4. The number of rotatable bonds is 2. The summed E-state index contributed by atoms with van der Waals surface area (Å²) < 4.78 is 2.11. The molecule has 0 aromatic carbocycles. The molecule has 0 bridgehead atoms. The number of nitrogens with one attached hydrogen (secondary N) is 1. The van der Waals surface area contributed by atoms with Crippen molar-refractivity contribution in [3.05, 3.63) is 34.3 Å². The van der Waals surface area contributed by atoms with Crippen LogP contribution in [0, 0.1) is 0 Å². The molecule has 6 heteroatoms. The summed E-state index contributed by atoms with van der Waals surface area (Å²) in [5.74, 6) is 1.03. The van der Waals surface area contributed by atoms with Crippen LogP contribution in [-0.2, 0) is 18.4 Å². The standard InChI is InChI=1S/C15H20N4OS/c1-15(2,3)14-18-11(9-21-14)13(20)17-10-4-5-12-16-6-7-19(12)8-10/h6-7,9-10H,4-5,8H2,1-3H3,(H,17,20)/t10-/m0/s1. The Hall–Kier alpha value is -1.69. The van der Waals surface area contributed by atoms with Crippen LogP contribution in [0.1, 0.15) is 48.5 Å². The Balaban J connectivity index is 1.66. The predicted molar refractivity (Wildman–Crippen MR) is 82.6 cm³/mol. The third kappa shape index (κ3) is 3.00. The van der Waals surface area contributed by atoms with Crippen molar-refractivity contribution in [3.63, 3.8) is 0 Å². The minimum atomic E-state index is -0.0738. The van der Waals surface area contributed by atoms with Crippen LogP contribution in [-0.4, -0.2) is 26.5 Å². The van der Waals surface area contributed by atoms with Crippen molar-refractivity contribution < 1.29 is 4.79 Å². The van der Waals surface area contributed by atoms with Crippen LogP contribution in [0.4, 0.5) is 0 Å². The van der Waals surface area contributed by atoms with Gasteiger partial charge in [0, 0.05) is 42.2 Å². The summed E-state index contributed by atoms with van der Waals surface area (Å²) in [6.45, 7) is 7.11. The molecule has 1 aliphatic heterocycles. The summed E-state index contributed by atoms with van der Waals surface area (Å²) in [7, 11) is 0. The zero-order valence-corrected chi connectivity index (χ0v) is 13.4. The molecule has 1 N–H and O–H groups in total. The highest BCUT2D eigenvalue weighted by molar-refractivity contribution is 7.10. The van der Waals surface area contributed by atoms with E-state index in [1.165, 1.54) is 0 Å². The maximum absolute atomic E-state index is 12.3. The van der Waals surface area contributed by atoms with Gasteiger partial charge in [-0.2, -0.15) is 0 Å². The summed E-state index contributed by atoms with van der Waals surface area (Å²) >= 11 is 1.55. The summed E-state index contributed by atoms with van der Waals surface area (Å²) in [6.07, 6.45) is 5.62. The smallest absolute Gasteiger partial charge is 0.271 e. The van der Waals surface area contributed by atoms with Crippen molar-refractivity contribution in [3.8, 4) is 0 Å². The molecule has 0 aliphatic carbocycles. The van der Waals surface area contributed by atoms with E-state index in [0.717, 1.165) is 30.2 Å². The minimum Gasteiger partial charge on any atom is -0.346 e. The van der Waals surface area contributed by atoms with Crippen LogP contribution in [0.3, 0.4) is 0 Å². The van der Waals surface area contributed by atoms with Gasteiger partial charge in [-0.1, -0.05) is 20.8 Å². The number of nitrogens with zero attached hydrogens (tertiary/aromatic N) is 3.